The summed E-state index contributed by atoms with van der Waals surface area (Å²) in [4.78, 5) is 0. The van der Waals surface area contributed by atoms with Crippen molar-refractivity contribution >= 4 is 120 Å². The molecule has 0 fully saturated rings. The van der Waals surface area contributed by atoms with Gasteiger partial charge in [-0.1, -0.05) is 48.5 Å². The summed E-state index contributed by atoms with van der Waals surface area (Å²) in [5.74, 6) is 0. The van der Waals surface area contributed by atoms with Gasteiger partial charge in [0.1, 0.15) is 0 Å². The monoisotopic (exact) mass is 458 g/mol. The van der Waals surface area contributed by atoms with Crippen LogP contribution >= 0.6 is 0 Å². The van der Waals surface area contributed by atoms with Crippen LogP contribution in [0.15, 0.2) is 60.7 Å². The summed E-state index contributed by atoms with van der Waals surface area (Å²) < 4.78 is 0. The van der Waals surface area contributed by atoms with Crippen molar-refractivity contribution < 1.29 is 0 Å². The molecule has 4 heteroatoms. The van der Waals surface area contributed by atoms with Gasteiger partial charge in [0.05, 0.1) is 22.7 Å². The highest BCUT2D eigenvalue weighted by molar-refractivity contribution is 6.55. The molecule has 0 amide bonds. The molecular formula is C32H18N4. The Labute approximate surface area is 203 Å². The van der Waals surface area contributed by atoms with Gasteiger partial charge in [0.2, 0.25) is 0 Å². The first-order valence-electron chi connectivity index (χ1n) is 12.2. The van der Waals surface area contributed by atoms with Crippen molar-refractivity contribution in [2.24, 2.45) is 0 Å². The largest absolute Gasteiger partial charge is 0.397 e. The average molecular weight is 459 g/mol. The SMILES string of the molecule is Nc1c(N)c2c(N)c(N)c3cc4ccc5ccc6ccc7cc8ccc1c1c8c8c7c6c5c4c8c3c21. The van der Waals surface area contributed by atoms with Crippen molar-refractivity contribution in [2.75, 3.05) is 22.9 Å². The third-order valence-electron chi connectivity index (χ3n) is 9.05. The molecule has 0 spiro atoms. The molecule has 0 aromatic heterocycles. The normalized spacial score (nSPS) is 13.4. The maximum absolute atomic E-state index is 6.78. The van der Waals surface area contributed by atoms with E-state index in [9.17, 15) is 0 Å². The molecule has 0 unspecified atom stereocenters. The number of nitrogen functional groups attached to an aromatic ring is 4. The third-order valence-corrected chi connectivity index (χ3v) is 9.05. The molecule has 0 aliphatic heterocycles. The molecule has 0 bridgehead atoms. The van der Waals surface area contributed by atoms with E-state index in [0.717, 1.165) is 32.3 Å². The first-order chi connectivity index (χ1) is 17.5. The van der Waals surface area contributed by atoms with Gasteiger partial charge in [-0.3, -0.25) is 0 Å². The molecule has 0 saturated heterocycles. The average Bonchev–Trinajstić information content (AvgIpc) is 2.90. The quantitative estimate of drug-likeness (QED) is 0.107. The molecule has 166 valence electrons. The second kappa shape index (κ2) is 5.02. The van der Waals surface area contributed by atoms with E-state index in [2.05, 4.69) is 60.7 Å². The van der Waals surface area contributed by atoms with E-state index in [1.807, 2.05) is 0 Å². The van der Waals surface area contributed by atoms with E-state index in [1.54, 1.807) is 0 Å². The summed E-state index contributed by atoms with van der Waals surface area (Å²) in [6.07, 6.45) is 0. The fourth-order valence-electron chi connectivity index (χ4n) is 7.64. The number of rotatable bonds is 0. The number of hydrogen-bond acceptors (Lipinski definition) is 4. The van der Waals surface area contributed by atoms with Crippen LogP contribution in [0.4, 0.5) is 22.7 Å². The summed E-state index contributed by atoms with van der Waals surface area (Å²) in [6.45, 7) is 0. The maximum atomic E-state index is 6.78. The van der Waals surface area contributed by atoms with E-state index in [4.69, 9.17) is 22.9 Å². The van der Waals surface area contributed by atoms with Crippen LogP contribution in [0.1, 0.15) is 0 Å². The van der Waals surface area contributed by atoms with Crippen LogP contribution in [-0.2, 0) is 0 Å². The van der Waals surface area contributed by atoms with Crippen molar-refractivity contribution in [3.05, 3.63) is 60.7 Å². The third kappa shape index (κ3) is 1.51. The lowest BCUT2D eigenvalue weighted by atomic mass is 9.76. The van der Waals surface area contributed by atoms with E-state index < -0.39 is 0 Å². The van der Waals surface area contributed by atoms with Crippen molar-refractivity contribution in [3.8, 4) is 0 Å². The molecule has 0 aliphatic carbocycles. The Morgan fingerprint density at radius 2 is 0.667 bits per heavy atom. The molecule has 0 heterocycles. The van der Waals surface area contributed by atoms with E-state index >= 15 is 0 Å². The summed E-state index contributed by atoms with van der Waals surface area (Å²) in [7, 11) is 0. The molecule has 0 saturated carbocycles. The van der Waals surface area contributed by atoms with Gasteiger partial charge in [-0.05, 0) is 76.8 Å². The van der Waals surface area contributed by atoms with Gasteiger partial charge in [-0.25, -0.2) is 0 Å². The summed E-state index contributed by atoms with van der Waals surface area (Å²) >= 11 is 0. The van der Waals surface area contributed by atoms with Gasteiger partial charge < -0.3 is 22.9 Å². The van der Waals surface area contributed by atoms with Crippen LogP contribution in [0.5, 0.6) is 0 Å². The standard InChI is InChI=1S/C32H18N4/c33-29-16-8-7-14-9-13-5-3-11-1-2-12-4-6-15-10-17-24-26-21(15)19(12)18(11)20(13)25(26)22(14)23(16)27(24)28(31(29)35)32(36)30(17)34/h1-10H,33-36H2. The van der Waals surface area contributed by atoms with Crippen LogP contribution in [0, 0.1) is 0 Å². The second-order valence-electron chi connectivity index (χ2n) is 10.5. The number of benzene rings is 10. The molecule has 8 N–H and O–H groups in total. The molecule has 36 heavy (non-hydrogen) atoms. The number of hydrogen-bond donors (Lipinski definition) is 4. The molecule has 0 aliphatic rings. The first-order valence-corrected chi connectivity index (χ1v) is 12.2. The van der Waals surface area contributed by atoms with Crippen LogP contribution in [0.3, 0.4) is 0 Å². The molecule has 4 nitrogen and oxygen atoms in total. The van der Waals surface area contributed by atoms with E-state index in [0.29, 0.717) is 22.7 Å². The number of anilines is 4. The van der Waals surface area contributed by atoms with Gasteiger partial charge >= 0.3 is 0 Å². The molecule has 0 radical (unpaired) electrons. The predicted molar refractivity (Wildman–Crippen MR) is 158 cm³/mol. The summed E-state index contributed by atoms with van der Waals surface area (Å²) in [5.41, 5.74) is 29.1. The highest BCUT2D eigenvalue weighted by Gasteiger charge is 2.29. The Bertz CT molecular complexity index is 2560. The fourth-order valence-corrected chi connectivity index (χ4v) is 7.64. The van der Waals surface area contributed by atoms with Crippen molar-refractivity contribution in [2.45, 2.75) is 0 Å². The van der Waals surface area contributed by atoms with Gasteiger partial charge in [-0.2, -0.15) is 0 Å². The number of nitrogens with two attached hydrogens (primary N) is 4. The zero-order valence-electron chi connectivity index (χ0n) is 19.1. The maximum Gasteiger partial charge on any atom is 0.0656 e. The molecule has 0 atom stereocenters. The predicted octanol–water partition coefficient (Wildman–Crippen LogP) is 7.58. The van der Waals surface area contributed by atoms with Crippen LogP contribution in [0.2, 0.25) is 0 Å². The Morgan fingerprint density at radius 3 is 1.31 bits per heavy atom. The Hall–Kier alpha value is -4.96. The van der Waals surface area contributed by atoms with Crippen LogP contribution in [-0.4, -0.2) is 0 Å². The first kappa shape index (κ1) is 17.5. The lowest BCUT2D eigenvalue weighted by molar-refractivity contribution is 1.74. The molecule has 10 rings (SSSR count). The Balaban J connectivity index is 1.80. The zero-order chi connectivity index (χ0) is 23.8. The molecule has 10 aromatic carbocycles. The van der Waals surface area contributed by atoms with E-state index in [1.165, 1.54) is 64.6 Å². The van der Waals surface area contributed by atoms with Crippen molar-refractivity contribution in [3.63, 3.8) is 0 Å². The minimum absolute atomic E-state index is 0.510. The fraction of sp³-hybridized carbons (Fsp3) is 0. The topological polar surface area (TPSA) is 104 Å². The lowest BCUT2D eigenvalue weighted by Crippen LogP contribution is -2.06. The summed E-state index contributed by atoms with van der Waals surface area (Å²) in [5, 5.41) is 21.3. The Kier molecular flexibility index (Phi) is 2.44. The van der Waals surface area contributed by atoms with Crippen LogP contribution in [0.25, 0.3) is 97.0 Å². The van der Waals surface area contributed by atoms with Gasteiger partial charge in [0, 0.05) is 32.3 Å². The minimum atomic E-state index is 0.510. The van der Waals surface area contributed by atoms with Gasteiger partial charge in [-0.15, -0.1) is 0 Å². The van der Waals surface area contributed by atoms with Crippen molar-refractivity contribution in [1.29, 1.82) is 0 Å². The highest BCUT2D eigenvalue weighted by atomic mass is 14.7. The van der Waals surface area contributed by atoms with Gasteiger partial charge in [0.15, 0.2) is 0 Å². The zero-order valence-corrected chi connectivity index (χ0v) is 19.1. The molecular weight excluding hydrogens is 440 g/mol. The summed E-state index contributed by atoms with van der Waals surface area (Å²) in [6, 6.07) is 22.3. The van der Waals surface area contributed by atoms with Crippen LogP contribution < -0.4 is 22.9 Å². The lowest BCUT2D eigenvalue weighted by Gasteiger charge is -2.27. The smallest absolute Gasteiger partial charge is 0.0656 e. The minimum Gasteiger partial charge on any atom is -0.397 e. The van der Waals surface area contributed by atoms with Crippen molar-refractivity contribution in [1.82, 2.24) is 0 Å². The highest BCUT2D eigenvalue weighted by Crippen LogP contribution is 2.58. The molecule has 10 aromatic rings. The van der Waals surface area contributed by atoms with Gasteiger partial charge in [0.25, 0.3) is 0 Å². The Morgan fingerprint density at radius 1 is 0.278 bits per heavy atom. The van der Waals surface area contributed by atoms with E-state index in [-0.39, 0.29) is 0 Å². The second-order valence-corrected chi connectivity index (χ2v) is 10.5.